The first kappa shape index (κ1) is 12.7. The van der Waals surface area contributed by atoms with Crippen LogP contribution in [-0.2, 0) is 13.1 Å². The molecule has 3 nitrogen and oxygen atoms in total. The third-order valence-electron chi connectivity index (χ3n) is 3.44. The van der Waals surface area contributed by atoms with Gasteiger partial charge in [-0.2, -0.15) is 0 Å². The Morgan fingerprint density at radius 3 is 2.76 bits per heavy atom. The summed E-state index contributed by atoms with van der Waals surface area (Å²) in [4.78, 5) is 2.50. The minimum atomic E-state index is 0.850. The second kappa shape index (κ2) is 6.22. The van der Waals surface area contributed by atoms with E-state index in [2.05, 4.69) is 30.1 Å². The third kappa shape index (κ3) is 3.58. The van der Waals surface area contributed by atoms with Gasteiger partial charge in [0.25, 0.3) is 0 Å². The molecular weight excluding hydrogens is 212 g/mol. The van der Waals surface area contributed by atoms with Crippen molar-refractivity contribution in [1.29, 1.82) is 0 Å². The Kier molecular flexibility index (Phi) is 4.63. The Balaban J connectivity index is 1.91. The van der Waals surface area contributed by atoms with E-state index in [1.165, 1.54) is 37.9 Å². The normalized spacial score (nSPS) is 17.5. The molecule has 0 spiro atoms. The third-order valence-corrected chi connectivity index (χ3v) is 3.44. The van der Waals surface area contributed by atoms with E-state index >= 15 is 0 Å². The van der Waals surface area contributed by atoms with Gasteiger partial charge in [0.05, 0.1) is 13.1 Å². The summed E-state index contributed by atoms with van der Waals surface area (Å²) in [5, 5.41) is 3.31. The predicted octanol–water partition coefficient (Wildman–Crippen LogP) is 2.68. The summed E-state index contributed by atoms with van der Waals surface area (Å²) in [6, 6.07) is 2.20. The summed E-state index contributed by atoms with van der Waals surface area (Å²) in [7, 11) is 0. The molecule has 1 fully saturated rings. The fourth-order valence-electron chi connectivity index (χ4n) is 2.42. The predicted molar refractivity (Wildman–Crippen MR) is 70.0 cm³/mol. The monoisotopic (exact) mass is 236 g/mol. The number of likely N-dealkylation sites (tertiary alicyclic amines) is 1. The molecule has 0 aliphatic carbocycles. The number of piperidine rings is 1. The van der Waals surface area contributed by atoms with Crippen LogP contribution in [0.4, 0.5) is 0 Å². The highest BCUT2D eigenvalue weighted by atomic mass is 16.3. The summed E-state index contributed by atoms with van der Waals surface area (Å²) >= 11 is 0. The van der Waals surface area contributed by atoms with Crippen molar-refractivity contribution < 1.29 is 4.42 Å². The lowest BCUT2D eigenvalue weighted by Crippen LogP contribution is -2.28. The van der Waals surface area contributed by atoms with E-state index in [9.17, 15) is 0 Å². The van der Waals surface area contributed by atoms with E-state index in [1.807, 2.05) is 0 Å². The number of aryl methyl sites for hydroxylation is 1. The molecule has 1 aliphatic heterocycles. The first-order chi connectivity index (χ1) is 8.29. The minimum Gasteiger partial charge on any atom is -0.463 e. The molecule has 0 atom stereocenters. The maximum absolute atomic E-state index is 5.92. The van der Waals surface area contributed by atoms with E-state index in [1.54, 1.807) is 0 Å². The molecule has 2 heterocycles. The molecule has 17 heavy (non-hydrogen) atoms. The number of hydrogen-bond donors (Lipinski definition) is 1. The zero-order chi connectivity index (χ0) is 12.1. The SMILES string of the molecule is CCNCc1oc(CN2CCCCC2)cc1C. The van der Waals surface area contributed by atoms with Gasteiger partial charge in [-0.3, -0.25) is 4.90 Å². The van der Waals surface area contributed by atoms with Crippen LogP contribution in [0.3, 0.4) is 0 Å². The van der Waals surface area contributed by atoms with Crippen LogP contribution in [0, 0.1) is 6.92 Å². The lowest BCUT2D eigenvalue weighted by Gasteiger charge is -2.25. The Morgan fingerprint density at radius 1 is 1.29 bits per heavy atom. The van der Waals surface area contributed by atoms with Crippen LogP contribution in [0.5, 0.6) is 0 Å². The average Bonchev–Trinajstić information content (AvgIpc) is 2.68. The van der Waals surface area contributed by atoms with Crippen molar-refractivity contribution in [3.63, 3.8) is 0 Å². The number of nitrogens with zero attached hydrogens (tertiary/aromatic N) is 1. The van der Waals surface area contributed by atoms with Crippen LogP contribution in [0.25, 0.3) is 0 Å². The quantitative estimate of drug-likeness (QED) is 0.852. The van der Waals surface area contributed by atoms with Crippen LogP contribution in [0.1, 0.15) is 43.3 Å². The molecule has 1 aromatic rings. The average molecular weight is 236 g/mol. The second-order valence-electron chi connectivity index (χ2n) is 4.94. The molecule has 0 amide bonds. The van der Waals surface area contributed by atoms with Gasteiger partial charge in [0.1, 0.15) is 11.5 Å². The molecule has 0 bridgehead atoms. The molecule has 1 saturated heterocycles. The van der Waals surface area contributed by atoms with Gasteiger partial charge in [0.2, 0.25) is 0 Å². The second-order valence-corrected chi connectivity index (χ2v) is 4.94. The largest absolute Gasteiger partial charge is 0.463 e. The number of hydrogen-bond acceptors (Lipinski definition) is 3. The number of furan rings is 1. The molecule has 0 unspecified atom stereocenters. The molecule has 0 aromatic carbocycles. The van der Waals surface area contributed by atoms with Crippen LogP contribution < -0.4 is 5.32 Å². The van der Waals surface area contributed by atoms with Crippen molar-refractivity contribution in [1.82, 2.24) is 10.2 Å². The Morgan fingerprint density at radius 2 is 2.06 bits per heavy atom. The molecule has 0 saturated carbocycles. The maximum atomic E-state index is 5.92. The van der Waals surface area contributed by atoms with Crippen molar-refractivity contribution in [2.75, 3.05) is 19.6 Å². The highest BCUT2D eigenvalue weighted by Crippen LogP contribution is 2.18. The number of nitrogens with one attached hydrogen (secondary N) is 1. The van der Waals surface area contributed by atoms with Gasteiger partial charge in [-0.1, -0.05) is 13.3 Å². The molecule has 2 rings (SSSR count). The molecular formula is C14H24N2O. The minimum absolute atomic E-state index is 0.850. The molecule has 96 valence electrons. The van der Waals surface area contributed by atoms with Gasteiger partial charge in [0, 0.05) is 0 Å². The van der Waals surface area contributed by atoms with Crippen molar-refractivity contribution in [3.8, 4) is 0 Å². The molecule has 1 aromatic heterocycles. The molecule has 1 aliphatic rings. The van der Waals surface area contributed by atoms with Crippen molar-refractivity contribution >= 4 is 0 Å². The topological polar surface area (TPSA) is 28.4 Å². The summed E-state index contributed by atoms with van der Waals surface area (Å²) < 4.78 is 5.92. The zero-order valence-corrected chi connectivity index (χ0v) is 11.1. The maximum Gasteiger partial charge on any atom is 0.120 e. The highest BCUT2D eigenvalue weighted by molar-refractivity contribution is 5.20. The van der Waals surface area contributed by atoms with E-state index in [-0.39, 0.29) is 0 Å². The summed E-state index contributed by atoms with van der Waals surface area (Å²) in [6.45, 7) is 9.52. The van der Waals surface area contributed by atoms with E-state index in [4.69, 9.17) is 4.42 Å². The van der Waals surface area contributed by atoms with Gasteiger partial charge >= 0.3 is 0 Å². The summed E-state index contributed by atoms with van der Waals surface area (Å²) in [6.07, 6.45) is 4.06. The lowest BCUT2D eigenvalue weighted by atomic mass is 10.1. The van der Waals surface area contributed by atoms with Gasteiger partial charge in [-0.05, 0) is 51.0 Å². The van der Waals surface area contributed by atoms with Gasteiger partial charge in [-0.25, -0.2) is 0 Å². The fourth-order valence-corrected chi connectivity index (χ4v) is 2.42. The van der Waals surface area contributed by atoms with Gasteiger partial charge in [-0.15, -0.1) is 0 Å². The van der Waals surface area contributed by atoms with E-state index < -0.39 is 0 Å². The van der Waals surface area contributed by atoms with Crippen molar-refractivity contribution in [2.24, 2.45) is 0 Å². The lowest BCUT2D eigenvalue weighted by molar-refractivity contribution is 0.203. The standard InChI is InChI=1S/C14H24N2O/c1-3-15-10-14-12(2)9-13(17-14)11-16-7-5-4-6-8-16/h9,15H,3-8,10-11H2,1-2H3. The van der Waals surface area contributed by atoms with Gasteiger partial charge < -0.3 is 9.73 Å². The Hall–Kier alpha value is -0.800. The Labute approximate surface area is 104 Å². The van der Waals surface area contributed by atoms with Crippen LogP contribution in [0.2, 0.25) is 0 Å². The smallest absolute Gasteiger partial charge is 0.120 e. The molecule has 1 N–H and O–H groups in total. The van der Waals surface area contributed by atoms with Gasteiger partial charge in [0.15, 0.2) is 0 Å². The highest BCUT2D eigenvalue weighted by Gasteiger charge is 2.13. The molecule has 3 heteroatoms. The summed E-state index contributed by atoms with van der Waals surface area (Å²) in [5.41, 5.74) is 1.28. The summed E-state index contributed by atoms with van der Waals surface area (Å²) in [5.74, 6) is 2.22. The van der Waals surface area contributed by atoms with Crippen LogP contribution in [0.15, 0.2) is 10.5 Å². The van der Waals surface area contributed by atoms with Crippen LogP contribution in [-0.4, -0.2) is 24.5 Å². The van der Waals surface area contributed by atoms with Crippen molar-refractivity contribution in [3.05, 3.63) is 23.2 Å². The van der Waals surface area contributed by atoms with E-state index in [0.29, 0.717) is 0 Å². The van der Waals surface area contributed by atoms with Crippen LogP contribution >= 0.6 is 0 Å². The van der Waals surface area contributed by atoms with Crippen molar-refractivity contribution in [2.45, 2.75) is 46.2 Å². The molecule has 0 radical (unpaired) electrons. The first-order valence-corrected chi connectivity index (χ1v) is 6.81. The Bertz CT molecular complexity index is 340. The zero-order valence-electron chi connectivity index (χ0n) is 11.1. The fraction of sp³-hybridized carbons (Fsp3) is 0.714. The number of rotatable bonds is 5. The first-order valence-electron chi connectivity index (χ1n) is 6.81. The van der Waals surface area contributed by atoms with E-state index in [0.717, 1.165) is 31.2 Å².